The monoisotopic (exact) mass is 1880 g/mol. The lowest BCUT2D eigenvalue weighted by Crippen LogP contribution is -2.26. The number of rotatable bonds is 15. The Hall–Kier alpha value is -16.0. The van der Waals surface area contributed by atoms with Crippen LogP contribution in [0.15, 0.2) is 206 Å². The third kappa shape index (κ3) is 15.7. The Balaban J connectivity index is 0.000000115. The second kappa shape index (κ2) is 35.1. The van der Waals surface area contributed by atoms with Crippen LogP contribution in [0.25, 0.3) is 131 Å². The smallest absolute Gasteiger partial charge is 0.268 e. The zero-order chi connectivity index (χ0) is 92.6. The standard InChI is InChI=1S/C26H21N7O2S.C25H20N8O2S.C20H16ClN7O2S.C20H16ClN7OS/c1-14-6-3-4-9-18(14)33-19(30-25-20(26(33)35)15(2)12-36-25)11-32-24-21(23(27)28-13-29-24)22(31-32)16-7-5-8-17(34)10-16;1-13-5-4-8-27-22(13)33-17(30-24-18(25(33)35)14(2)11-36-24)10-32-23-19(21(26)28-12-29-23)20(31-32)15-6-3-7-16(34)9-15;1-10-8-31-19-14(10)20(29)28(11-5-3-4-6-12(11)30-2)13(25-19)7-27-18-15(16(21)26-27)17(22)23-9-24-18;1-10-4-3-6-23-17(10)28-13(25-19-14(20(28)29)11(2)9-30-19)8-27-18-15(16(21)26-27)12(22)5-7-24-18/h3-10,12-13,34H,11H2,1-2H3,(H2,27,28,29);3-9,11-12,34H,10H2,1-2H3,(H2,26,28,29);3-6,8-9H,7H2,1-2H3,(H2,22,23,24);3-7,9H,8H2,1-2H3,(H2,22,24). The number of thiophene rings is 4. The summed E-state index contributed by atoms with van der Waals surface area (Å²) in [6, 6.07) is 37.7. The molecule has 0 saturated carbocycles. The van der Waals surface area contributed by atoms with E-state index in [4.69, 9.17) is 81.0 Å². The van der Waals surface area contributed by atoms with E-state index in [-0.39, 0.29) is 87.7 Å². The molecule has 18 heterocycles. The maximum Gasteiger partial charge on any atom is 0.268 e. The number of hydrogen-bond acceptors (Lipinski definition) is 32. The highest BCUT2D eigenvalue weighted by Crippen LogP contribution is 2.38. The van der Waals surface area contributed by atoms with Crippen LogP contribution in [-0.2, 0) is 26.2 Å². The van der Waals surface area contributed by atoms with Gasteiger partial charge in [-0.15, -0.1) is 45.3 Å². The van der Waals surface area contributed by atoms with Crippen LogP contribution >= 0.6 is 68.5 Å². The number of aryl methyl sites for hydroxylation is 7. The van der Waals surface area contributed by atoms with E-state index in [1.54, 1.807) is 111 Å². The predicted molar refractivity (Wildman–Crippen MR) is 518 cm³/mol. The molecule has 22 rings (SSSR count). The summed E-state index contributed by atoms with van der Waals surface area (Å²) in [4.78, 5) is 115. The maximum absolute atomic E-state index is 13.8. The normalized spacial score (nSPS) is 11.5. The first-order valence-electron chi connectivity index (χ1n) is 40.7. The van der Waals surface area contributed by atoms with Crippen LogP contribution in [0.2, 0.25) is 10.3 Å². The van der Waals surface area contributed by atoms with Gasteiger partial charge in [-0.1, -0.05) is 89.9 Å². The number of pyridine rings is 3. The number of halogens is 2. The summed E-state index contributed by atoms with van der Waals surface area (Å²) >= 11 is 18.3. The zero-order valence-electron chi connectivity index (χ0n) is 71.5. The van der Waals surface area contributed by atoms with Crippen LogP contribution < -0.4 is 49.9 Å². The van der Waals surface area contributed by atoms with Crippen molar-refractivity contribution in [1.29, 1.82) is 0 Å². The molecule has 662 valence electrons. The van der Waals surface area contributed by atoms with Gasteiger partial charge in [0, 0.05) is 35.4 Å². The van der Waals surface area contributed by atoms with Gasteiger partial charge >= 0.3 is 0 Å². The van der Waals surface area contributed by atoms with Crippen molar-refractivity contribution in [2.45, 2.75) is 74.6 Å². The van der Waals surface area contributed by atoms with Crippen LogP contribution in [0.1, 0.15) is 62.2 Å². The van der Waals surface area contributed by atoms with E-state index in [2.05, 4.69) is 55.1 Å². The van der Waals surface area contributed by atoms with E-state index in [1.807, 2.05) is 149 Å². The number of ether oxygens (including phenoxy) is 1. The molecular formula is C91H73Cl2N29O7S4. The lowest BCUT2D eigenvalue weighted by Gasteiger charge is -2.15. The number of phenolic OH excluding ortho intramolecular Hbond substituents is 2. The van der Waals surface area contributed by atoms with Crippen molar-refractivity contribution in [3.63, 3.8) is 0 Å². The fraction of sp³-hybridized carbons (Fsp3) is 0.132. The fourth-order valence-electron chi connectivity index (χ4n) is 15.9. The number of aromatic nitrogens is 25. The minimum Gasteiger partial charge on any atom is -0.508 e. The third-order valence-corrected chi connectivity index (χ3v) is 26.7. The van der Waals surface area contributed by atoms with Gasteiger partial charge in [0.25, 0.3) is 22.2 Å². The van der Waals surface area contributed by atoms with Crippen molar-refractivity contribution in [2.24, 2.45) is 0 Å². The largest absolute Gasteiger partial charge is 0.508 e. The number of para-hydroxylation sites is 3. The summed E-state index contributed by atoms with van der Waals surface area (Å²) in [5, 5.41) is 51.1. The number of fused-ring (bicyclic) bond motifs is 8. The van der Waals surface area contributed by atoms with Gasteiger partial charge in [-0.3, -0.25) is 28.3 Å². The number of methoxy groups -OCH3 is 1. The molecule has 0 aliphatic rings. The molecule has 4 aromatic carbocycles. The fourth-order valence-corrected chi connectivity index (χ4v) is 20.2. The highest BCUT2D eigenvalue weighted by Gasteiger charge is 2.29. The van der Waals surface area contributed by atoms with Crippen molar-refractivity contribution >= 4 is 177 Å². The number of anilines is 4. The van der Waals surface area contributed by atoms with Gasteiger partial charge in [-0.25, -0.2) is 92.7 Å². The SMILES string of the molecule is COc1ccccc1-n1c(Cn2nc(Cl)c3c(N)ncnc32)nc2scc(C)c2c1=O.Cc1ccccc1-n1c(Cn2nc(-c3cccc(O)c3)c3c(N)ncnc32)nc2scc(C)c2c1=O.Cc1cccnc1-n1c(Cn2nc(-c3cccc(O)c3)c3c(N)ncnc32)nc2scc(C)c2c1=O.Cc1cccnc1-n1c(Cn2nc(Cl)c3c(N)ccnc32)nc2scc(C)c2c1=O. The lowest BCUT2D eigenvalue weighted by molar-refractivity contribution is 0.412. The molecule has 0 saturated heterocycles. The van der Waals surface area contributed by atoms with Crippen LogP contribution in [0, 0.1) is 48.5 Å². The summed E-state index contributed by atoms with van der Waals surface area (Å²) in [5.74, 6) is 4.51. The Morgan fingerprint density at radius 3 is 1.14 bits per heavy atom. The molecule has 22 aromatic rings. The first-order chi connectivity index (χ1) is 64.3. The Morgan fingerprint density at radius 1 is 0.353 bits per heavy atom. The van der Waals surface area contributed by atoms with E-state index in [9.17, 15) is 29.4 Å². The highest BCUT2D eigenvalue weighted by molar-refractivity contribution is 7.17. The van der Waals surface area contributed by atoms with E-state index in [0.717, 1.165) is 44.6 Å². The van der Waals surface area contributed by atoms with Crippen molar-refractivity contribution in [3.05, 3.63) is 300 Å². The van der Waals surface area contributed by atoms with Gasteiger partial charge < -0.3 is 37.9 Å². The van der Waals surface area contributed by atoms with Gasteiger partial charge in [0.05, 0.1) is 56.2 Å². The van der Waals surface area contributed by atoms with E-state index in [0.29, 0.717) is 160 Å². The number of nitrogens with two attached hydrogens (primary N) is 4. The molecule has 18 aromatic heterocycles. The van der Waals surface area contributed by atoms with E-state index in [1.165, 1.54) is 64.3 Å². The number of hydrogen-bond donors (Lipinski definition) is 6. The van der Waals surface area contributed by atoms with Crippen LogP contribution in [0.5, 0.6) is 17.2 Å². The van der Waals surface area contributed by atoms with Crippen LogP contribution in [0.3, 0.4) is 0 Å². The summed E-state index contributed by atoms with van der Waals surface area (Å²) in [5.41, 5.74) is 36.2. The molecule has 0 aliphatic heterocycles. The number of benzene rings is 4. The summed E-state index contributed by atoms with van der Waals surface area (Å²) < 4.78 is 18.3. The van der Waals surface area contributed by atoms with Gasteiger partial charge in [0.2, 0.25) is 0 Å². The quantitative estimate of drug-likeness (QED) is 0.0555. The number of nitrogens with zero attached hydrogens (tertiary/aromatic N) is 25. The first-order valence-corrected chi connectivity index (χ1v) is 45.0. The maximum atomic E-state index is 13.8. The third-order valence-electron chi connectivity index (χ3n) is 22.2. The molecule has 0 amide bonds. The van der Waals surface area contributed by atoms with Crippen molar-refractivity contribution < 1.29 is 14.9 Å². The molecular weight excluding hydrogens is 1810 g/mol. The minimum atomic E-state index is -0.186. The van der Waals surface area contributed by atoms with E-state index < -0.39 is 0 Å². The zero-order valence-corrected chi connectivity index (χ0v) is 76.3. The molecule has 10 N–H and O–H groups in total. The average molecular weight is 1880 g/mol. The van der Waals surface area contributed by atoms with Gasteiger partial charge in [0.1, 0.15) is 151 Å². The molecule has 0 radical (unpaired) electrons. The van der Waals surface area contributed by atoms with Crippen molar-refractivity contribution in [3.8, 4) is 62.8 Å². The van der Waals surface area contributed by atoms with Crippen LogP contribution in [0.4, 0.5) is 23.1 Å². The molecule has 0 bridgehead atoms. The highest BCUT2D eigenvalue weighted by atomic mass is 35.5. The topological polar surface area (TPSA) is 481 Å². The van der Waals surface area contributed by atoms with E-state index >= 15 is 0 Å². The Bertz CT molecular complexity index is 8450. The number of aromatic hydroxyl groups is 2. The molecule has 42 heteroatoms. The molecule has 36 nitrogen and oxygen atoms in total. The van der Waals surface area contributed by atoms with Crippen LogP contribution in [-0.4, -0.2) is 140 Å². The molecule has 133 heavy (non-hydrogen) atoms. The van der Waals surface area contributed by atoms with Crippen molar-refractivity contribution in [1.82, 2.24) is 122 Å². The molecule has 0 spiro atoms. The first kappa shape index (κ1) is 86.4. The van der Waals surface area contributed by atoms with Crippen molar-refractivity contribution in [2.75, 3.05) is 30.0 Å². The average Bonchev–Trinajstić information content (AvgIpc) is 1.68. The van der Waals surface area contributed by atoms with Gasteiger partial charge in [-0.2, -0.15) is 20.4 Å². The summed E-state index contributed by atoms with van der Waals surface area (Å²) in [7, 11) is 1.56. The second-order valence-corrected chi connectivity index (χ2v) is 34.9. The Morgan fingerprint density at radius 2 is 0.714 bits per heavy atom. The Labute approximate surface area is 776 Å². The van der Waals surface area contributed by atoms with Gasteiger partial charge in [-0.05, 0) is 170 Å². The molecule has 0 unspecified atom stereocenters. The number of nitrogen functional groups attached to an aromatic ring is 4. The number of phenols is 2. The van der Waals surface area contributed by atoms with Gasteiger partial charge in [0.15, 0.2) is 32.9 Å². The molecule has 0 aliphatic carbocycles. The predicted octanol–water partition coefficient (Wildman–Crippen LogP) is 14.5. The molecule has 0 atom stereocenters. The summed E-state index contributed by atoms with van der Waals surface area (Å²) in [6.07, 6.45) is 9.01. The molecule has 0 fully saturated rings. The lowest BCUT2D eigenvalue weighted by atomic mass is 10.1. The Kier molecular flexibility index (Phi) is 22.8. The summed E-state index contributed by atoms with van der Waals surface area (Å²) in [6.45, 7) is 14.0. The minimum absolute atomic E-state index is 0.102. The second-order valence-electron chi connectivity index (χ2n) is 30.8.